The maximum atomic E-state index is 14.4. The third kappa shape index (κ3) is 6.13. The molecule has 2 aliphatic carbocycles. The standard InChI is InChI=1S/C28H41FN5O2P/c1-4-26(13-15-28(30-3,16-14-26)21-9-6-5-7-10-21)20-34(24(35)33-19-27(36)11-8-12-27)22-17-31-23(32-18-22)25(2,29)37/h5-7,9-10,17-18,30,36H,4,8,11-16,19-20,37H2,1-3H3,(H,33,35). The Balaban J connectivity index is 1.56. The number of nitrogens with one attached hydrogen (secondary N) is 2. The Labute approximate surface area is 222 Å². The van der Waals surface area contributed by atoms with E-state index in [-0.39, 0.29) is 29.4 Å². The highest BCUT2D eigenvalue weighted by atomic mass is 31.0. The van der Waals surface area contributed by atoms with Gasteiger partial charge in [-0.05, 0) is 76.3 Å². The summed E-state index contributed by atoms with van der Waals surface area (Å²) in [6.07, 6.45) is 10.1. The van der Waals surface area contributed by atoms with Crippen LogP contribution in [0.15, 0.2) is 42.7 Å². The molecule has 7 nitrogen and oxygen atoms in total. The van der Waals surface area contributed by atoms with Crippen LogP contribution in [0, 0.1) is 5.41 Å². The first-order chi connectivity index (χ1) is 17.5. The van der Waals surface area contributed by atoms with Crippen LogP contribution in [-0.4, -0.2) is 46.8 Å². The summed E-state index contributed by atoms with van der Waals surface area (Å²) >= 11 is 0. The van der Waals surface area contributed by atoms with Gasteiger partial charge in [-0.25, -0.2) is 19.2 Å². The molecule has 1 aromatic heterocycles. The minimum Gasteiger partial charge on any atom is -0.388 e. The van der Waals surface area contributed by atoms with Crippen molar-refractivity contribution in [1.29, 1.82) is 0 Å². The number of hydrogen-bond acceptors (Lipinski definition) is 5. The topological polar surface area (TPSA) is 90.4 Å². The van der Waals surface area contributed by atoms with E-state index in [2.05, 4.69) is 61.0 Å². The molecular weight excluding hydrogens is 488 g/mol. The smallest absolute Gasteiger partial charge is 0.322 e. The Hall–Kier alpha value is -2.15. The largest absolute Gasteiger partial charge is 0.388 e. The molecule has 0 radical (unpaired) electrons. The molecule has 0 bridgehead atoms. The van der Waals surface area contributed by atoms with Crippen molar-refractivity contribution in [2.75, 3.05) is 25.0 Å². The quantitative estimate of drug-likeness (QED) is 0.398. The lowest BCUT2D eigenvalue weighted by Gasteiger charge is -2.48. The van der Waals surface area contributed by atoms with Gasteiger partial charge in [0.25, 0.3) is 0 Å². The molecule has 2 aliphatic rings. The van der Waals surface area contributed by atoms with Crippen LogP contribution >= 0.6 is 9.24 Å². The van der Waals surface area contributed by atoms with Gasteiger partial charge >= 0.3 is 6.03 Å². The van der Waals surface area contributed by atoms with Crippen LogP contribution in [0.2, 0.25) is 0 Å². The molecule has 2 aromatic rings. The van der Waals surface area contributed by atoms with Crippen LogP contribution in [0.5, 0.6) is 0 Å². The van der Waals surface area contributed by atoms with Crippen LogP contribution in [0.3, 0.4) is 0 Å². The van der Waals surface area contributed by atoms with Gasteiger partial charge in [-0.2, -0.15) is 0 Å². The van der Waals surface area contributed by atoms with E-state index < -0.39 is 11.0 Å². The van der Waals surface area contributed by atoms with Gasteiger partial charge in [-0.15, -0.1) is 0 Å². The minimum atomic E-state index is -1.75. The number of alkyl halides is 1. The molecule has 2 fully saturated rings. The number of rotatable bonds is 9. The molecule has 0 aliphatic heterocycles. The van der Waals surface area contributed by atoms with Gasteiger partial charge in [0.2, 0.25) is 0 Å². The van der Waals surface area contributed by atoms with E-state index in [0.29, 0.717) is 25.1 Å². The van der Waals surface area contributed by atoms with E-state index in [1.807, 2.05) is 13.1 Å². The predicted octanol–water partition coefficient (Wildman–Crippen LogP) is 5.01. The van der Waals surface area contributed by atoms with Crippen molar-refractivity contribution in [3.8, 4) is 0 Å². The number of aliphatic hydroxyl groups is 1. The molecule has 2 unspecified atom stereocenters. The Morgan fingerprint density at radius 3 is 2.24 bits per heavy atom. The molecule has 202 valence electrons. The van der Waals surface area contributed by atoms with E-state index in [4.69, 9.17) is 0 Å². The maximum absolute atomic E-state index is 14.4. The first-order valence-electron chi connectivity index (χ1n) is 13.4. The molecular formula is C28H41FN5O2P. The van der Waals surface area contributed by atoms with Crippen molar-refractivity contribution in [3.05, 3.63) is 54.1 Å². The summed E-state index contributed by atoms with van der Waals surface area (Å²) in [7, 11) is 4.13. The van der Waals surface area contributed by atoms with E-state index in [1.54, 1.807) is 4.90 Å². The second kappa shape index (κ2) is 10.9. The zero-order chi connectivity index (χ0) is 26.7. The Morgan fingerprint density at radius 1 is 1.14 bits per heavy atom. The zero-order valence-corrected chi connectivity index (χ0v) is 23.4. The highest BCUT2D eigenvalue weighted by Crippen LogP contribution is 2.48. The van der Waals surface area contributed by atoms with E-state index in [0.717, 1.165) is 38.5 Å². The summed E-state index contributed by atoms with van der Waals surface area (Å²) < 4.78 is 14.4. The summed E-state index contributed by atoms with van der Waals surface area (Å²) in [5.41, 5.74) is 0.814. The Morgan fingerprint density at radius 2 is 1.76 bits per heavy atom. The van der Waals surface area contributed by atoms with Crippen molar-refractivity contribution in [2.24, 2.45) is 5.41 Å². The number of aromatic nitrogens is 2. The van der Waals surface area contributed by atoms with Crippen LogP contribution in [0.1, 0.15) is 76.6 Å². The van der Waals surface area contributed by atoms with Crippen LogP contribution in [0.4, 0.5) is 14.9 Å². The zero-order valence-electron chi connectivity index (χ0n) is 22.3. The highest BCUT2D eigenvalue weighted by molar-refractivity contribution is 7.18. The maximum Gasteiger partial charge on any atom is 0.322 e. The van der Waals surface area contributed by atoms with Gasteiger partial charge in [0.15, 0.2) is 11.2 Å². The lowest BCUT2D eigenvalue weighted by Crippen LogP contribution is -2.54. The van der Waals surface area contributed by atoms with Gasteiger partial charge in [-0.3, -0.25) is 4.90 Å². The number of carbonyl (C=O) groups excluding carboxylic acids is 1. The average molecular weight is 530 g/mol. The van der Waals surface area contributed by atoms with Crippen molar-refractivity contribution >= 4 is 21.0 Å². The van der Waals surface area contributed by atoms with Gasteiger partial charge in [0.1, 0.15) is 0 Å². The summed E-state index contributed by atoms with van der Waals surface area (Å²) in [4.78, 5) is 23.6. The Kier molecular flexibility index (Phi) is 8.22. The van der Waals surface area contributed by atoms with Crippen molar-refractivity contribution < 1.29 is 14.3 Å². The van der Waals surface area contributed by atoms with Crippen molar-refractivity contribution in [3.63, 3.8) is 0 Å². The van der Waals surface area contributed by atoms with E-state index in [1.165, 1.54) is 24.9 Å². The number of benzene rings is 1. The summed E-state index contributed by atoms with van der Waals surface area (Å²) in [6.45, 7) is 4.28. The fraction of sp³-hybridized carbons (Fsp3) is 0.607. The number of urea groups is 1. The van der Waals surface area contributed by atoms with Gasteiger partial charge in [0.05, 0.1) is 23.7 Å². The Bertz CT molecular complexity index is 1050. The summed E-state index contributed by atoms with van der Waals surface area (Å²) in [5, 5.41) is 15.3. The monoisotopic (exact) mass is 529 g/mol. The molecule has 9 heteroatoms. The molecule has 2 amide bonds. The third-order valence-corrected chi connectivity index (χ3v) is 8.96. The summed E-state index contributed by atoms with van der Waals surface area (Å²) in [6, 6.07) is 10.3. The second-order valence-corrected chi connectivity index (χ2v) is 12.3. The number of anilines is 1. The second-order valence-electron chi connectivity index (χ2n) is 11.2. The molecule has 2 atom stereocenters. The number of halogens is 1. The number of carbonyl (C=O) groups is 1. The van der Waals surface area contributed by atoms with E-state index >= 15 is 0 Å². The molecule has 0 spiro atoms. The van der Waals surface area contributed by atoms with Crippen LogP contribution in [-0.2, 0) is 10.9 Å². The molecule has 1 aromatic carbocycles. The number of amides is 2. The lowest BCUT2D eigenvalue weighted by molar-refractivity contribution is -0.0289. The molecule has 1 heterocycles. The van der Waals surface area contributed by atoms with Gasteiger partial charge in [0, 0.05) is 18.6 Å². The molecule has 4 rings (SSSR count). The van der Waals surface area contributed by atoms with Crippen molar-refractivity contribution in [1.82, 2.24) is 20.6 Å². The fourth-order valence-corrected chi connectivity index (χ4v) is 5.85. The third-order valence-electron chi connectivity index (χ3n) is 8.70. The highest BCUT2D eigenvalue weighted by Gasteiger charge is 2.44. The van der Waals surface area contributed by atoms with Gasteiger partial charge < -0.3 is 15.7 Å². The fourth-order valence-electron chi connectivity index (χ4n) is 5.70. The first-order valence-corrected chi connectivity index (χ1v) is 13.9. The predicted molar refractivity (Wildman–Crippen MR) is 148 cm³/mol. The molecule has 0 saturated heterocycles. The molecule has 37 heavy (non-hydrogen) atoms. The van der Waals surface area contributed by atoms with Gasteiger partial charge in [-0.1, -0.05) is 46.5 Å². The van der Waals surface area contributed by atoms with Crippen molar-refractivity contribution in [2.45, 2.75) is 81.8 Å². The summed E-state index contributed by atoms with van der Waals surface area (Å²) in [5.74, 6) is 0.0509. The molecule has 3 N–H and O–H groups in total. The van der Waals surface area contributed by atoms with Crippen LogP contribution in [0.25, 0.3) is 0 Å². The number of hydrogen-bond donors (Lipinski definition) is 3. The molecule has 2 saturated carbocycles. The first kappa shape index (κ1) is 27.9. The van der Waals surface area contributed by atoms with Crippen LogP contribution < -0.4 is 15.5 Å². The number of nitrogens with zero attached hydrogens (tertiary/aromatic N) is 3. The minimum absolute atomic E-state index is 0.0509. The lowest BCUT2D eigenvalue weighted by atomic mass is 9.64. The van der Waals surface area contributed by atoms with E-state index in [9.17, 15) is 14.3 Å². The SMILES string of the molecule is CCC1(CN(C(=O)NCC2(O)CCC2)c2cnc(C(C)(F)P)nc2)CCC(NC)(c2ccccc2)CC1. The average Bonchev–Trinajstić information content (AvgIpc) is 2.90. The normalized spacial score (nSPS) is 26.5.